The molecule has 1 fully saturated rings. The van der Waals surface area contributed by atoms with E-state index in [9.17, 15) is 13.2 Å². The molecule has 1 saturated carbocycles. The summed E-state index contributed by atoms with van der Waals surface area (Å²) in [7, 11) is -3.31. The third-order valence-corrected chi connectivity index (χ3v) is 7.92. The maximum Gasteiger partial charge on any atom is 0.250 e. The predicted octanol–water partition coefficient (Wildman–Crippen LogP) is 4.09. The Balaban J connectivity index is 1.65. The molecule has 0 saturated heterocycles. The monoisotopic (exact) mass is 431 g/mol. The molecule has 29 heavy (non-hydrogen) atoms. The number of hydrogen-bond acceptors (Lipinski definition) is 4. The van der Waals surface area contributed by atoms with Crippen molar-refractivity contribution in [3.8, 4) is 16.8 Å². The molecule has 0 N–H and O–H groups in total. The molecule has 1 aliphatic carbocycles. The molecule has 0 unspecified atom stereocenters. The maximum absolute atomic E-state index is 12.6. The van der Waals surface area contributed by atoms with E-state index in [1.165, 1.54) is 12.1 Å². The van der Waals surface area contributed by atoms with E-state index in [0.29, 0.717) is 30.0 Å². The lowest BCUT2D eigenvalue weighted by atomic mass is 10.00. The van der Waals surface area contributed by atoms with Gasteiger partial charge >= 0.3 is 0 Å². The molecule has 4 rings (SSSR count). The van der Waals surface area contributed by atoms with Gasteiger partial charge in [0, 0.05) is 41.2 Å². The third-order valence-electron chi connectivity index (χ3n) is 5.35. The first-order valence-electron chi connectivity index (χ1n) is 9.69. The molecule has 1 aliphatic rings. The van der Waals surface area contributed by atoms with Gasteiger partial charge in [-0.3, -0.25) is 4.79 Å². The van der Waals surface area contributed by atoms with Crippen LogP contribution in [0.25, 0.3) is 16.8 Å². The maximum atomic E-state index is 12.6. The normalized spacial score (nSPS) is 14.7. The molecule has 8 heteroatoms. The summed E-state index contributed by atoms with van der Waals surface area (Å²) >= 11 is 6.43. The van der Waals surface area contributed by atoms with Crippen LogP contribution in [0.1, 0.15) is 32.6 Å². The van der Waals surface area contributed by atoms with Crippen LogP contribution >= 0.6 is 11.6 Å². The Hall–Kier alpha value is -2.38. The number of benzene rings is 1. The van der Waals surface area contributed by atoms with Crippen LogP contribution in [0.4, 0.5) is 0 Å². The highest BCUT2D eigenvalue weighted by atomic mass is 35.5. The number of nitrogens with zero attached hydrogens (tertiary/aromatic N) is 3. The zero-order chi connectivity index (χ0) is 20.6. The number of halogens is 1. The fourth-order valence-corrected chi connectivity index (χ4v) is 5.69. The summed E-state index contributed by atoms with van der Waals surface area (Å²) in [5.41, 5.74) is 2.21. The van der Waals surface area contributed by atoms with E-state index in [2.05, 4.69) is 5.10 Å². The number of aromatic nitrogens is 3. The second kappa shape index (κ2) is 7.80. The van der Waals surface area contributed by atoms with Gasteiger partial charge in [-0.1, -0.05) is 31.0 Å². The highest BCUT2D eigenvalue weighted by Gasteiger charge is 2.32. The topological polar surface area (TPSA) is 74.0 Å². The Labute approximate surface area is 174 Å². The van der Waals surface area contributed by atoms with Crippen molar-refractivity contribution in [2.75, 3.05) is 0 Å². The lowest BCUT2D eigenvalue weighted by Gasteiger charge is -2.25. The van der Waals surface area contributed by atoms with Crippen molar-refractivity contribution in [1.82, 2.24) is 14.3 Å². The Morgan fingerprint density at radius 2 is 1.97 bits per heavy atom. The minimum absolute atomic E-state index is 0.0470. The zero-order valence-electron chi connectivity index (χ0n) is 16.1. The van der Waals surface area contributed by atoms with Crippen molar-refractivity contribution in [1.29, 1.82) is 0 Å². The largest absolute Gasteiger partial charge is 0.313 e. The molecule has 152 valence electrons. The number of aryl methyl sites for hydroxylation is 1. The predicted molar refractivity (Wildman–Crippen MR) is 113 cm³/mol. The fraction of sp³-hybridized carbons (Fsp3) is 0.333. The number of hydrogen-bond donors (Lipinski definition) is 0. The molecule has 0 aliphatic heterocycles. The van der Waals surface area contributed by atoms with Crippen LogP contribution in [-0.2, 0) is 16.4 Å². The van der Waals surface area contributed by atoms with Gasteiger partial charge in [0.2, 0.25) is 0 Å². The highest BCUT2D eigenvalue weighted by molar-refractivity contribution is 7.92. The molecule has 0 radical (unpaired) electrons. The first-order valence-corrected chi connectivity index (χ1v) is 11.6. The van der Waals surface area contributed by atoms with Gasteiger partial charge in [0.05, 0.1) is 22.0 Å². The van der Waals surface area contributed by atoms with E-state index in [1.807, 2.05) is 13.1 Å². The van der Waals surface area contributed by atoms with E-state index >= 15 is 0 Å². The van der Waals surface area contributed by atoms with Crippen molar-refractivity contribution < 1.29 is 8.42 Å². The summed E-state index contributed by atoms with van der Waals surface area (Å²) in [6, 6.07) is 8.13. The van der Waals surface area contributed by atoms with Crippen molar-refractivity contribution in [3.63, 3.8) is 0 Å². The van der Waals surface area contributed by atoms with Crippen LogP contribution in [0.5, 0.6) is 0 Å². The fourth-order valence-electron chi connectivity index (χ4n) is 3.45. The lowest BCUT2D eigenvalue weighted by molar-refractivity contribution is 0.477. The van der Waals surface area contributed by atoms with Gasteiger partial charge in [-0.25, -0.2) is 13.1 Å². The van der Waals surface area contributed by atoms with E-state index in [-0.39, 0.29) is 15.7 Å². The van der Waals surface area contributed by atoms with E-state index in [0.717, 1.165) is 24.1 Å². The second-order valence-corrected chi connectivity index (χ2v) is 9.97. The molecule has 0 atom stereocenters. The Kier molecular flexibility index (Phi) is 5.36. The Bertz CT molecular complexity index is 1210. The first kappa shape index (κ1) is 19.9. The van der Waals surface area contributed by atoms with Crippen LogP contribution in [0.15, 0.2) is 58.6 Å². The minimum Gasteiger partial charge on any atom is -0.313 e. The van der Waals surface area contributed by atoms with Gasteiger partial charge in [0.25, 0.3) is 5.56 Å². The Morgan fingerprint density at radius 3 is 2.62 bits per heavy atom. The van der Waals surface area contributed by atoms with Gasteiger partial charge in [0.1, 0.15) is 0 Å². The van der Waals surface area contributed by atoms with Gasteiger partial charge in [0.15, 0.2) is 9.84 Å². The highest BCUT2D eigenvalue weighted by Crippen LogP contribution is 2.35. The summed E-state index contributed by atoms with van der Waals surface area (Å²) in [5.74, 6) is 0. The van der Waals surface area contributed by atoms with Gasteiger partial charge in [-0.2, -0.15) is 5.10 Å². The third kappa shape index (κ3) is 3.76. The molecule has 3 aromatic rings. The average Bonchev–Trinajstić information content (AvgIpc) is 3.11. The molecule has 2 heterocycles. The quantitative estimate of drug-likeness (QED) is 0.589. The summed E-state index contributed by atoms with van der Waals surface area (Å²) < 4.78 is 28.6. The molecule has 6 nitrogen and oxygen atoms in total. The van der Waals surface area contributed by atoms with Gasteiger partial charge in [-0.05, 0) is 37.5 Å². The molecular weight excluding hydrogens is 410 g/mol. The molecule has 0 spiro atoms. The standard InChI is InChI=1S/C21H22ClN3O3S/c1-2-10-24-14-16(6-9-21(24)26)25-13-15(12-23-25)19-8-7-18(11-20(19)22)29(27,28)17-4-3-5-17/h6-9,11-14,17H,2-5,10H2,1H3. The first-order chi connectivity index (χ1) is 13.9. The summed E-state index contributed by atoms with van der Waals surface area (Å²) in [4.78, 5) is 12.2. The number of sulfone groups is 1. The van der Waals surface area contributed by atoms with Crippen LogP contribution in [0, 0.1) is 0 Å². The molecule has 2 aromatic heterocycles. The molecule has 1 aromatic carbocycles. The Morgan fingerprint density at radius 1 is 1.17 bits per heavy atom. The van der Waals surface area contributed by atoms with Crippen LogP contribution < -0.4 is 5.56 Å². The van der Waals surface area contributed by atoms with Crippen molar-refractivity contribution in [3.05, 3.63) is 64.3 Å². The minimum atomic E-state index is -3.31. The van der Waals surface area contributed by atoms with Crippen molar-refractivity contribution in [2.45, 2.75) is 49.3 Å². The van der Waals surface area contributed by atoms with Crippen molar-refractivity contribution in [2.24, 2.45) is 0 Å². The second-order valence-electron chi connectivity index (χ2n) is 7.33. The van der Waals surface area contributed by atoms with Gasteiger partial charge < -0.3 is 4.57 Å². The summed E-state index contributed by atoms with van der Waals surface area (Å²) in [6.07, 6.45) is 8.52. The van der Waals surface area contributed by atoms with Crippen LogP contribution in [0.3, 0.4) is 0 Å². The molecular formula is C21H22ClN3O3S. The van der Waals surface area contributed by atoms with Gasteiger partial charge in [-0.15, -0.1) is 0 Å². The molecule has 0 bridgehead atoms. The number of pyridine rings is 1. The smallest absolute Gasteiger partial charge is 0.250 e. The van der Waals surface area contributed by atoms with Crippen molar-refractivity contribution >= 4 is 21.4 Å². The average molecular weight is 432 g/mol. The number of rotatable bonds is 6. The summed E-state index contributed by atoms with van der Waals surface area (Å²) in [6.45, 7) is 2.66. The molecule has 0 amide bonds. The zero-order valence-corrected chi connectivity index (χ0v) is 17.7. The SMILES string of the molecule is CCCn1cc(-n2cc(-c3ccc(S(=O)(=O)C4CCC4)cc3Cl)cn2)ccc1=O. The lowest BCUT2D eigenvalue weighted by Crippen LogP contribution is -2.28. The van der Waals surface area contributed by atoms with Crippen LogP contribution in [0.2, 0.25) is 5.02 Å². The van der Waals surface area contributed by atoms with Crippen LogP contribution in [-0.4, -0.2) is 28.0 Å². The van der Waals surface area contributed by atoms with E-state index in [4.69, 9.17) is 11.6 Å². The summed E-state index contributed by atoms with van der Waals surface area (Å²) in [5, 5.41) is 4.47. The van der Waals surface area contributed by atoms with E-state index in [1.54, 1.807) is 39.8 Å². The van der Waals surface area contributed by atoms with E-state index < -0.39 is 9.84 Å².